The highest BCUT2D eigenvalue weighted by molar-refractivity contribution is 7.09. The second-order valence-corrected chi connectivity index (χ2v) is 8.69. The summed E-state index contributed by atoms with van der Waals surface area (Å²) in [6.45, 7) is 11.6. The second kappa shape index (κ2) is 11.4. The number of rotatable bonds is 6. The first-order valence-corrected chi connectivity index (χ1v) is 9.66. The second-order valence-electron chi connectivity index (χ2n) is 7.75. The Morgan fingerprint density at radius 2 is 2.00 bits per heavy atom. The predicted molar refractivity (Wildman–Crippen MR) is 111 cm³/mol. The van der Waals surface area contributed by atoms with Gasteiger partial charge in [0.15, 0.2) is 0 Å². The number of hydrogen-bond donors (Lipinski definition) is 2. The molecule has 1 aliphatic heterocycles. The molecule has 1 aromatic heterocycles. The maximum absolute atomic E-state index is 12.1. The van der Waals surface area contributed by atoms with Gasteiger partial charge in [-0.2, -0.15) is 0 Å². The molecule has 1 saturated heterocycles. The minimum atomic E-state index is 0. The lowest BCUT2D eigenvalue weighted by Gasteiger charge is -2.27. The first-order chi connectivity index (χ1) is 10.9. The van der Waals surface area contributed by atoms with Crippen LogP contribution in [0.5, 0.6) is 0 Å². The van der Waals surface area contributed by atoms with Crippen molar-refractivity contribution in [3.8, 4) is 0 Å². The van der Waals surface area contributed by atoms with Crippen LogP contribution in [0.1, 0.15) is 57.7 Å². The third-order valence-electron chi connectivity index (χ3n) is 4.68. The topological polar surface area (TPSA) is 54.0 Å². The van der Waals surface area contributed by atoms with Crippen LogP contribution in [-0.2, 0) is 16.6 Å². The third-order valence-corrected chi connectivity index (χ3v) is 5.59. The molecule has 0 radical (unpaired) electrons. The zero-order valence-electron chi connectivity index (χ0n) is 15.8. The Bertz CT molecular complexity index is 511. The number of thiazole rings is 1. The van der Waals surface area contributed by atoms with Gasteiger partial charge in [-0.25, -0.2) is 4.98 Å². The Kier molecular flexibility index (Phi) is 11.2. The molecule has 2 heterocycles. The zero-order chi connectivity index (χ0) is 16.9. The molecule has 0 spiro atoms. The molecule has 2 rings (SSSR count). The molecule has 146 valence electrons. The van der Waals surface area contributed by atoms with Gasteiger partial charge in [0.1, 0.15) is 0 Å². The summed E-state index contributed by atoms with van der Waals surface area (Å²) in [5.41, 5.74) is 1.24. The van der Waals surface area contributed by atoms with E-state index in [2.05, 4.69) is 48.7 Å². The van der Waals surface area contributed by atoms with Crippen LogP contribution in [-0.4, -0.2) is 30.5 Å². The molecule has 1 fully saturated rings. The van der Waals surface area contributed by atoms with Gasteiger partial charge < -0.3 is 10.6 Å². The van der Waals surface area contributed by atoms with Crippen molar-refractivity contribution in [3.63, 3.8) is 0 Å². The minimum absolute atomic E-state index is 0. The van der Waals surface area contributed by atoms with E-state index in [1.807, 2.05) is 0 Å². The standard InChI is InChI=1S/C18H31N3OS.2ClH/c1-13(14-5-8-19-9-6-14)11-16(22)20-10-7-17-21-15(12-23-17)18(2,3)4;;/h12-14,19H,5-11H2,1-4H3,(H,20,22);2*1H. The summed E-state index contributed by atoms with van der Waals surface area (Å²) in [6.07, 6.45) is 3.87. The number of aromatic nitrogens is 1. The van der Waals surface area contributed by atoms with Gasteiger partial charge in [-0.1, -0.05) is 27.7 Å². The maximum atomic E-state index is 12.1. The number of piperidine rings is 1. The van der Waals surface area contributed by atoms with Crippen molar-refractivity contribution in [1.82, 2.24) is 15.6 Å². The van der Waals surface area contributed by atoms with Gasteiger partial charge in [0.2, 0.25) is 5.91 Å². The zero-order valence-corrected chi connectivity index (χ0v) is 18.2. The fourth-order valence-electron chi connectivity index (χ4n) is 3.02. The van der Waals surface area contributed by atoms with Crippen LogP contribution in [0, 0.1) is 11.8 Å². The molecule has 0 aliphatic carbocycles. The smallest absolute Gasteiger partial charge is 0.220 e. The predicted octanol–water partition coefficient (Wildman–Crippen LogP) is 3.97. The molecule has 1 unspecified atom stereocenters. The van der Waals surface area contributed by atoms with Gasteiger partial charge in [0.25, 0.3) is 0 Å². The number of carbonyl (C=O) groups is 1. The molecular weight excluding hydrogens is 377 g/mol. The Labute approximate surface area is 168 Å². The van der Waals surface area contributed by atoms with Crippen molar-refractivity contribution < 1.29 is 4.79 Å². The van der Waals surface area contributed by atoms with Gasteiger partial charge in [-0.15, -0.1) is 36.2 Å². The van der Waals surface area contributed by atoms with Crippen LogP contribution in [0.25, 0.3) is 0 Å². The van der Waals surface area contributed by atoms with Crippen molar-refractivity contribution >= 4 is 42.1 Å². The molecule has 1 atom stereocenters. The molecule has 1 aliphatic rings. The summed E-state index contributed by atoms with van der Waals surface area (Å²) in [6, 6.07) is 0. The average molecular weight is 410 g/mol. The molecule has 1 aromatic rings. The summed E-state index contributed by atoms with van der Waals surface area (Å²) in [4.78, 5) is 16.8. The first-order valence-electron chi connectivity index (χ1n) is 8.78. The molecule has 0 aromatic carbocycles. The van der Waals surface area contributed by atoms with Gasteiger partial charge in [0.05, 0.1) is 10.7 Å². The van der Waals surface area contributed by atoms with E-state index in [4.69, 9.17) is 0 Å². The number of amides is 1. The number of nitrogens with zero attached hydrogens (tertiary/aromatic N) is 1. The van der Waals surface area contributed by atoms with Crippen molar-refractivity contribution in [1.29, 1.82) is 0 Å². The Balaban J connectivity index is 0.00000288. The van der Waals surface area contributed by atoms with Crippen LogP contribution in [0.4, 0.5) is 0 Å². The normalized spacial score (nSPS) is 16.5. The molecular formula is C18H33Cl2N3OS. The van der Waals surface area contributed by atoms with Crippen molar-refractivity contribution in [2.24, 2.45) is 11.8 Å². The van der Waals surface area contributed by atoms with E-state index in [1.165, 1.54) is 12.8 Å². The van der Waals surface area contributed by atoms with Gasteiger partial charge in [-0.3, -0.25) is 4.79 Å². The van der Waals surface area contributed by atoms with E-state index < -0.39 is 0 Å². The molecule has 25 heavy (non-hydrogen) atoms. The Morgan fingerprint density at radius 1 is 1.36 bits per heavy atom. The van der Waals surface area contributed by atoms with Crippen molar-refractivity contribution in [2.45, 2.75) is 58.8 Å². The number of carbonyl (C=O) groups excluding carboxylic acids is 1. The molecule has 2 N–H and O–H groups in total. The quantitative estimate of drug-likeness (QED) is 0.746. The van der Waals surface area contributed by atoms with Crippen LogP contribution < -0.4 is 10.6 Å². The molecule has 4 nitrogen and oxygen atoms in total. The van der Waals surface area contributed by atoms with Gasteiger partial charge >= 0.3 is 0 Å². The first kappa shape index (κ1) is 24.6. The summed E-state index contributed by atoms with van der Waals surface area (Å²) in [5.74, 6) is 1.35. The fourth-order valence-corrected chi connectivity index (χ4v) is 4.05. The Hall–Kier alpha value is -0.360. The highest BCUT2D eigenvalue weighted by Crippen LogP contribution is 2.25. The summed E-state index contributed by atoms with van der Waals surface area (Å²) >= 11 is 1.70. The van der Waals surface area contributed by atoms with Crippen LogP contribution in [0.3, 0.4) is 0 Å². The van der Waals surface area contributed by atoms with E-state index >= 15 is 0 Å². The van der Waals surface area contributed by atoms with Crippen LogP contribution in [0.15, 0.2) is 5.38 Å². The van der Waals surface area contributed by atoms with Crippen LogP contribution in [0.2, 0.25) is 0 Å². The largest absolute Gasteiger partial charge is 0.356 e. The highest BCUT2D eigenvalue weighted by Gasteiger charge is 2.22. The van der Waals surface area contributed by atoms with Crippen LogP contribution >= 0.6 is 36.2 Å². The summed E-state index contributed by atoms with van der Waals surface area (Å²) in [7, 11) is 0. The highest BCUT2D eigenvalue weighted by atomic mass is 35.5. The average Bonchev–Trinajstić information content (AvgIpc) is 2.97. The lowest BCUT2D eigenvalue weighted by Crippen LogP contribution is -2.34. The van der Waals surface area contributed by atoms with E-state index in [1.54, 1.807) is 11.3 Å². The Morgan fingerprint density at radius 3 is 2.56 bits per heavy atom. The molecule has 7 heteroatoms. The van der Waals surface area contributed by atoms with E-state index in [-0.39, 0.29) is 36.1 Å². The molecule has 1 amide bonds. The number of hydrogen-bond acceptors (Lipinski definition) is 4. The van der Waals surface area contributed by atoms with E-state index in [9.17, 15) is 4.79 Å². The monoisotopic (exact) mass is 409 g/mol. The van der Waals surface area contributed by atoms with Gasteiger partial charge in [0, 0.05) is 30.2 Å². The van der Waals surface area contributed by atoms with E-state index in [0.717, 1.165) is 30.2 Å². The fraction of sp³-hybridized carbons (Fsp3) is 0.778. The minimum Gasteiger partial charge on any atom is -0.356 e. The lowest BCUT2D eigenvalue weighted by molar-refractivity contribution is -0.122. The van der Waals surface area contributed by atoms with Crippen molar-refractivity contribution in [3.05, 3.63) is 16.1 Å². The molecule has 0 bridgehead atoms. The van der Waals surface area contributed by atoms with E-state index in [0.29, 0.717) is 24.8 Å². The van der Waals surface area contributed by atoms with Gasteiger partial charge in [-0.05, 0) is 37.8 Å². The summed E-state index contributed by atoms with van der Waals surface area (Å²) < 4.78 is 0. The lowest BCUT2D eigenvalue weighted by atomic mass is 9.84. The number of nitrogens with one attached hydrogen (secondary N) is 2. The number of halogens is 2. The summed E-state index contributed by atoms with van der Waals surface area (Å²) in [5, 5.41) is 9.69. The van der Waals surface area contributed by atoms with Crippen molar-refractivity contribution in [2.75, 3.05) is 19.6 Å². The maximum Gasteiger partial charge on any atom is 0.220 e. The SMILES string of the molecule is CC(CC(=O)NCCc1nc(C(C)(C)C)cs1)C1CCNCC1.Cl.Cl. The molecule has 0 saturated carbocycles. The third kappa shape index (κ3) is 8.25.